The Morgan fingerprint density at radius 1 is 0.929 bits per heavy atom. The number of hydrogen-bond acceptors (Lipinski definition) is 2. The van der Waals surface area contributed by atoms with Gasteiger partial charge in [0.1, 0.15) is 11.5 Å². The van der Waals surface area contributed by atoms with Crippen molar-refractivity contribution in [3.63, 3.8) is 0 Å². The standard InChI is InChI=1S/C11H9BO2/c1-12-13-10-6-8-4-2-3-5-9(8)7-11(10)14-12/h2-7H,1H3. The Kier molecular flexibility index (Phi) is 1.48. The number of hydrogen-bond donors (Lipinski definition) is 0. The predicted molar refractivity (Wildman–Crippen MR) is 56.8 cm³/mol. The summed E-state index contributed by atoms with van der Waals surface area (Å²) in [6.07, 6.45) is 0. The van der Waals surface area contributed by atoms with E-state index in [0.717, 1.165) is 11.5 Å². The van der Waals surface area contributed by atoms with Gasteiger partial charge >= 0.3 is 7.12 Å². The molecule has 0 unspecified atom stereocenters. The monoisotopic (exact) mass is 184 g/mol. The minimum absolute atomic E-state index is 0.165. The zero-order valence-electron chi connectivity index (χ0n) is 7.86. The SMILES string of the molecule is CB1Oc2cc3ccccc3cc2O1. The first-order valence-electron chi connectivity index (χ1n) is 4.69. The summed E-state index contributed by atoms with van der Waals surface area (Å²) in [7, 11) is -0.165. The van der Waals surface area contributed by atoms with Crippen LogP contribution >= 0.6 is 0 Å². The quantitative estimate of drug-likeness (QED) is 0.586. The lowest BCUT2D eigenvalue weighted by Gasteiger charge is -2.00. The van der Waals surface area contributed by atoms with Crippen molar-refractivity contribution >= 4 is 17.9 Å². The van der Waals surface area contributed by atoms with Gasteiger partial charge in [0.05, 0.1) is 0 Å². The molecule has 0 spiro atoms. The maximum Gasteiger partial charge on any atom is 0.591 e. The van der Waals surface area contributed by atoms with E-state index in [1.165, 1.54) is 10.8 Å². The lowest BCUT2D eigenvalue weighted by atomic mass is 9.97. The third kappa shape index (κ3) is 1.05. The minimum atomic E-state index is -0.165. The Bertz CT molecular complexity index is 451. The van der Waals surface area contributed by atoms with E-state index in [4.69, 9.17) is 9.31 Å². The second kappa shape index (κ2) is 2.67. The highest BCUT2D eigenvalue weighted by molar-refractivity contribution is 6.46. The van der Waals surface area contributed by atoms with Crippen LogP contribution in [-0.2, 0) is 0 Å². The van der Waals surface area contributed by atoms with E-state index in [1.54, 1.807) is 0 Å². The molecule has 1 heterocycles. The topological polar surface area (TPSA) is 18.5 Å². The fraction of sp³-hybridized carbons (Fsp3) is 0.0909. The molecule has 0 amide bonds. The molecule has 2 aromatic carbocycles. The van der Waals surface area contributed by atoms with Crippen molar-refractivity contribution in [1.82, 2.24) is 0 Å². The van der Waals surface area contributed by atoms with Crippen molar-refractivity contribution in [3.8, 4) is 11.5 Å². The van der Waals surface area contributed by atoms with E-state index in [0.29, 0.717) is 0 Å². The van der Waals surface area contributed by atoms with Gasteiger partial charge in [0, 0.05) is 0 Å². The van der Waals surface area contributed by atoms with Crippen molar-refractivity contribution in [2.45, 2.75) is 6.82 Å². The number of rotatable bonds is 0. The summed E-state index contributed by atoms with van der Waals surface area (Å²) in [5, 5.41) is 2.37. The summed E-state index contributed by atoms with van der Waals surface area (Å²) in [5.74, 6) is 1.69. The van der Waals surface area contributed by atoms with Crippen molar-refractivity contribution in [3.05, 3.63) is 36.4 Å². The molecule has 0 saturated heterocycles. The van der Waals surface area contributed by atoms with Crippen LogP contribution in [0.1, 0.15) is 0 Å². The predicted octanol–water partition coefficient (Wildman–Crippen LogP) is 2.73. The van der Waals surface area contributed by atoms with E-state index in [1.807, 2.05) is 31.1 Å². The fourth-order valence-corrected chi connectivity index (χ4v) is 1.76. The van der Waals surface area contributed by atoms with Crippen LogP contribution in [0.2, 0.25) is 6.82 Å². The zero-order chi connectivity index (χ0) is 9.54. The summed E-state index contributed by atoms with van der Waals surface area (Å²) < 4.78 is 11.0. The summed E-state index contributed by atoms with van der Waals surface area (Å²) in [5.41, 5.74) is 0. The average Bonchev–Trinajstić information content (AvgIpc) is 2.53. The first kappa shape index (κ1) is 7.74. The molecule has 14 heavy (non-hydrogen) atoms. The Morgan fingerprint density at radius 2 is 1.43 bits per heavy atom. The van der Waals surface area contributed by atoms with Crippen LogP contribution in [0.4, 0.5) is 0 Å². The van der Waals surface area contributed by atoms with Gasteiger partial charge in [0.15, 0.2) is 0 Å². The van der Waals surface area contributed by atoms with Crippen LogP contribution in [0.15, 0.2) is 36.4 Å². The van der Waals surface area contributed by atoms with Crippen molar-refractivity contribution in [1.29, 1.82) is 0 Å². The van der Waals surface area contributed by atoms with Gasteiger partial charge in [-0.25, -0.2) is 0 Å². The van der Waals surface area contributed by atoms with Crippen LogP contribution in [0.3, 0.4) is 0 Å². The normalized spacial score (nSPS) is 13.6. The molecule has 3 heteroatoms. The Labute approximate surface area is 82.6 Å². The van der Waals surface area contributed by atoms with Crippen LogP contribution in [0.5, 0.6) is 11.5 Å². The minimum Gasteiger partial charge on any atom is -0.523 e. The van der Waals surface area contributed by atoms with Gasteiger partial charge in [0.2, 0.25) is 0 Å². The van der Waals surface area contributed by atoms with Crippen molar-refractivity contribution in [2.24, 2.45) is 0 Å². The summed E-state index contributed by atoms with van der Waals surface area (Å²) in [6.45, 7) is 1.89. The Balaban J connectivity index is 2.27. The fourth-order valence-electron chi connectivity index (χ4n) is 1.76. The molecule has 0 radical (unpaired) electrons. The molecule has 1 aliphatic rings. The van der Waals surface area contributed by atoms with Gasteiger partial charge in [-0.1, -0.05) is 24.3 Å². The van der Waals surface area contributed by atoms with Crippen LogP contribution in [0, 0.1) is 0 Å². The Hall–Kier alpha value is -1.64. The van der Waals surface area contributed by atoms with Gasteiger partial charge < -0.3 is 9.31 Å². The molecule has 0 atom stereocenters. The lowest BCUT2D eigenvalue weighted by Crippen LogP contribution is -2.18. The molecule has 0 aliphatic carbocycles. The maximum atomic E-state index is 5.49. The highest BCUT2D eigenvalue weighted by Gasteiger charge is 2.26. The molecule has 0 fully saturated rings. The number of benzene rings is 2. The Morgan fingerprint density at radius 3 is 1.93 bits per heavy atom. The summed E-state index contributed by atoms with van der Waals surface area (Å²) in [4.78, 5) is 0. The molecule has 2 aromatic rings. The van der Waals surface area contributed by atoms with Crippen molar-refractivity contribution in [2.75, 3.05) is 0 Å². The van der Waals surface area contributed by atoms with E-state index < -0.39 is 0 Å². The molecule has 2 nitrogen and oxygen atoms in total. The van der Waals surface area contributed by atoms with Crippen LogP contribution < -0.4 is 9.31 Å². The van der Waals surface area contributed by atoms with E-state index in [-0.39, 0.29) is 7.12 Å². The first-order valence-corrected chi connectivity index (χ1v) is 4.69. The second-order valence-corrected chi connectivity index (χ2v) is 3.45. The van der Waals surface area contributed by atoms with Crippen LogP contribution in [0.25, 0.3) is 10.8 Å². The molecule has 3 rings (SSSR count). The highest BCUT2D eigenvalue weighted by Crippen LogP contribution is 2.36. The maximum absolute atomic E-state index is 5.49. The van der Waals surface area contributed by atoms with Gasteiger partial charge in [0.25, 0.3) is 0 Å². The first-order chi connectivity index (χ1) is 6.83. The summed E-state index contributed by atoms with van der Waals surface area (Å²) in [6, 6.07) is 12.2. The molecule has 0 saturated carbocycles. The molecule has 68 valence electrons. The smallest absolute Gasteiger partial charge is 0.523 e. The largest absolute Gasteiger partial charge is 0.591 e. The van der Waals surface area contributed by atoms with Gasteiger partial charge in [-0.3, -0.25) is 0 Å². The van der Waals surface area contributed by atoms with E-state index in [9.17, 15) is 0 Å². The van der Waals surface area contributed by atoms with Gasteiger partial charge in [-0.2, -0.15) is 0 Å². The van der Waals surface area contributed by atoms with Crippen molar-refractivity contribution < 1.29 is 9.31 Å². The average molecular weight is 184 g/mol. The third-order valence-electron chi connectivity index (χ3n) is 2.40. The summed E-state index contributed by atoms with van der Waals surface area (Å²) >= 11 is 0. The molecule has 0 N–H and O–H groups in total. The highest BCUT2D eigenvalue weighted by atomic mass is 16.6. The molecular weight excluding hydrogens is 175 g/mol. The molecule has 0 aromatic heterocycles. The molecular formula is C11H9BO2. The van der Waals surface area contributed by atoms with E-state index >= 15 is 0 Å². The van der Waals surface area contributed by atoms with Gasteiger partial charge in [-0.15, -0.1) is 0 Å². The van der Waals surface area contributed by atoms with Crippen LogP contribution in [-0.4, -0.2) is 7.12 Å². The third-order valence-corrected chi connectivity index (χ3v) is 2.40. The lowest BCUT2D eigenvalue weighted by molar-refractivity contribution is 0.510. The number of fused-ring (bicyclic) bond motifs is 2. The molecule has 0 bridgehead atoms. The second-order valence-electron chi connectivity index (χ2n) is 3.45. The zero-order valence-corrected chi connectivity index (χ0v) is 7.86. The molecule has 1 aliphatic heterocycles. The van der Waals surface area contributed by atoms with Gasteiger partial charge in [-0.05, 0) is 29.7 Å². The van der Waals surface area contributed by atoms with E-state index in [2.05, 4.69) is 12.1 Å².